The van der Waals surface area contributed by atoms with Crippen molar-refractivity contribution in [3.8, 4) is 0 Å². The summed E-state index contributed by atoms with van der Waals surface area (Å²) >= 11 is 0. The highest BCUT2D eigenvalue weighted by Crippen LogP contribution is 2.15. The molecule has 0 fully saturated rings. The van der Waals surface area contributed by atoms with Gasteiger partial charge in [0.2, 0.25) is 0 Å². The van der Waals surface area contributed by atoms with Gasteiger partial charge in [0.15, 0.2) is 0 Å². The van der Waals surface area contributed by atoms with E-state index in [0.717, 1.165) is 12.8 Å². The Bertz CT molecular complexity index is 194. The second-order valence-electron chi connectivity index (χ2n) is 4.24. The first kappa shape index (κ1) is 13.2. The van der Waals surface area contributed by atoms with Crippen LogP contribution in [0.4, 0.5) is 0 Å². The van der Waals surface area contributed by atoms with Crippen LogP contribution in [0.25, 0.3) is 0 Å². The molecular weight excluding hydrogens is 178 g/mol. The van der Waals surface area contributed by atoms with Crippen molar-refractivity contribution in [3.05, 3.63) is 12.7 Å². The van der Waals surface area contributed by atoms with Crippen molar-refractivity contribution in [2.75, 3.05) is 0 Å². The molecule has 0 heterocycles. The molecule has 0 saturated carbocycles. The molecule has 0 aliphatic rings. The molecule has 0 radical (unpaired) electrons. The molecule has 14 heavy (non-hydrogen) atoms. The summed E-state index contributed by atoms with van der Waals surface area (Å²) < 4.78 is 5.18. The third kappa shape index (κ3) is 6.66. The van der Waals surface area contributed by atoms with Crippen LogP contribution in [-0.4, -0.2) is 17.6 Å². The summed E-state index contributed by atoms with van der Waals surface area (Å²) in [6, 6.07) is 0. The van der Waals surface area contributed by atoms with Gasteiger partial charge in [-0.1, -0.05) is 19.9 Å². The van der Waals surface area contributed by atoms with E-state index in [4.69, 9.17) is 10.5 Å². The number of ether oxygens (including phenoxy) is 1. The van der Waals surface area contributed by atoms with E-state index in [0.29, 0.717) is 6.42 Å². The second-order valence-corrected chi connectivity index (χ2v) is 4.24. The van der Waals surface area contributed by atoms with Crippen LogP contribution < -0.4 is 5.73 Å². The highest BCUT2D eigenvalue weighted by atomic mass is 16.5. The Labute approximate surface area is 86.3 Å². The Morgan fingerprint density at radius 3 is 2.57 bits per heavy atom. The lowest BCUT2D eigenvalue weighted by Gasteiger charge is -2.25. The minimum atomic E-state index is -0.368. The molecule has 0 spiro atoms. The van der Waals surface area contributed by atoms with E-state index >= 15 is 0 Å². The number of esters is 1. The fourth-order valence-corrected chi connectivity index (χ4v) is 1.32. The van der Waals surface area contributed by atoms with Gasteiger partial charge in [-0.3, -0.25) is 0 Å². The summed E-state index contributed by atoms with van der Waals surface area (Å²) in [4.78, 5) is 11.0. The highest BCUT2D eigenvalue weighted by Gasteiger charge is 2.20. The summed E-state index contributed by atoms with van der Waals surface area (Å²) in [6.07, 6.45) is 3.60. The Kier molecular flexibility index (Phi) is 5.46. The molecule has 82 valence electrons. The first-order valence-electron chi connectivity index (χ1n) is 5.01. The summed E-state index contributed by atoms with van der Waals surface area (Å²) in [6.45, 7) is 9.27. The van der Waals surface area contributed by atoms with Crippen LogP contribution in [0.3, 0.4) is 0 Å². The number of hydrogen-bond donors (Lipinski definition) is 1. The van der Waals surface area contributed by atoms with E-state index in [9.17, 15) is 4.79 Å². The monoisotopic (exact) mass is 199 g/mol. The number of rotatable bonds is 6. The topological polar surface area (TPSA) is 52.3 Å². The van der Waals surface area contributed by atoms with Crippen molar-refractivity contribution in [2.45, 2.75) is 51.7 Å². The molecule has 0 amide bonds. The van der Waals surface area contributed by atoms with E-state index < -0.39 is 0 Å². The Hall–Kier alpha value is -0.830. The molecule has 0 aliphatic heterocycles. The van der Waals surface area contributed by atoms with Crippen LogP contribution in [-0.2, 0) is 9.53 Å². The van der Waals surface area contributed by atoms with Gasteiger partial charge in [-0.25, -0.2) is 4.79 Å². The van der Waals surface area contributed by atoms with Crippen molar-refractivity contribution in [1.29, 1.82) is 0 Å². The van der Waals surface area contributed by atoms with Crippen molar-refractivity contribution in [3.63, 3.8) is 0 Å². The van der Waals surface area contributed by atoms with E-state index in [1.807, 2.05) is 13.8 Å². The quantitative estimate of drug-likeness (QED) is 0.526. The van der Waals surface area contributed by atoms with Crippen molar-refractivity contribution in [1.82, 2.24) is 0 Å². The van der Waals surface area contributed by atoms with Gasteiger partial charge in [-0.05, 0) is 20.3 Å². The average molecular weight is 199 g/mol. The molecule has 2 N–H and O–H groups in total. The SMILES string of the molecule is C=CC(=O)OC(CCC)CC(C)(C)N. The standard InChI is InChI=1S/C11H21NO2/c1-5-7-9(8-11(3,4)12)14-10(13)6-2/h6,9H,2,5,7-8,12H2,1,3-4H3. The maximum atomic E-state index is 11.0. The van der Waals surface area contributed by atoms with E-state index in [1.54, 1.807) is 0 Å². The maximum absolute atomic E-state index is 11.0. The Morgan fingerprint density at radius 1 is 1.64 bits per heavy atom. The van der Waals surface area contributed by atoms with Crippen LogP contribution in [0.15, 0.2) is 12.7 Å². The van der Waals surface area contributed by atoms with Gasteiger partial charge in [0, 0.05) is 18.0 Å². The Morgan fingerprint density at radius 2 is 2.21 bits per heavy atom. The highest BCUT2D eigenvalue weighted by molar-refractivity contribution is 5.81. The van der Waals surface area contributed by atoms with Crippen LogP contribution in [0.1, 0.15) is 40.0 Å². The molecule has 0 saturated heterocycles. The number of carbonyl (C=O) groups is 1. The van der Waals surface area contributed by atoms with Crippen molar-refractivity contribution < 1.29 is 9.53 Å². The first-order valence-corrected chi connectivity index (χ1v) is 5.01. The van der Waals surface area contributed by atoms with Crippen LogP contribution in [0, 0.1) is 0 Å². The summed E-state index contributed by atoms with van der Waals surface area (Å²) in [5.41, 5.74) is 5.56. The summed E-state index contributed by atoms with van der Waals surface area (Å²) in [5, 5.41) is 0. The van der Waals surface area contributed by atoms with Crippen LogP contribution in [0.2, 0.25) is 0 Å². The van der Waals surface area contributed by atoms with Gasteiger partial charge in [0.05, 0.1) is 0 Å². The third-order valence-corrected chi connectivity index (χ3v) is 1.81. The van der Waals surface area contributed by atoms with Crippen LogP contribution >= 0.6 is 0 Å². The fraction of sp³-hybridized carbons (Fsp3) is 0.727. The second kappa shape index (κ2) is 5.81. The van der Waals surface area contributed by atoms with Gasteiger partial charge in [-0.2, -0.15) is 0 Å². The molecule has 1 atom stereocenters. The number of hydrogen-bond acceptors (Lipinski definition) is 3. The van der Waals surface area contributed by atoms with Gasteiger partial charge in [-0.15, -0.1) is 0 Å². The Balaban J connectivity index is 4.15. The minimum absolute atomic E-state index is 0.0921. The van der Waals surface area contributed by atoms with E-state index in [1.165, 1.54) is 6.08 Å². The molecular formula is C11H21NO2. The predicted molar refractivity (Wildman–Crippen MR) is 57.9 cm³/mol. The molecule has 1 unspecified atom stereocenters. The van der Waals surface area contributed by atoms with Gasteiger partial charge < -0.3 is 10.5 Å². The smallest absolute Gasteiger partial charge is 0.330 e. The van der Waals surface area contributed by atoms with Gasteiger partial charge >= 0.3 is 5.97 Å². The summed E-state index contributed by atoms with van der Waals surface area (Å²) in [5.74, 6) is -0.368. The number of nitrogens with two attached hydrogens (primary N) is 1. The maximum Gasteiger partial charge on any atom is 0.330 e. The molecule has 0 aromatic carbocycles. The van der Waals surface area contributed by atoms with E-state index in [-0.39, 0.29) is 17.6 Å². The van der Waals surface area contributed by atoms with Gasteiger partial charge in [0.1, 0.15) is 6.10 Å². The van der Waals surface area contributed by atoms with E-state index in [2.05, 4.69) is 13.5 Å². The molecule has 0 bridgehead atoms. The first-order chi connectivity index (χ1) is 6.39. The molecule has 0 aliphatic carbocycles. The third-order valence-electron chi connectivity index (χ3n) is 1.81. The molecule has 0 aromatic rings. The fourth-order valence-electron chi connectivity index (χ4n) is 1.32. The zero-order valence-corrected chi connectivity index (χ0v) is 9.38. The van der Waals surface area contributed by atoms with Gasteiger partial charge in [0.25, 0.3) is 0 Å². The number of carbonyl (C=O) groups excluding carboxylic acids is 1. The average Bonchev–Trinajstić information content (AvgIpc) is 2.01. The lowest BCUT2D eigenvalue weighted by atomic mass is 9.96. The predicted octanol–water partition coefficient (Wildman–Crippen LogP) is 2.01. The normalized spacial score (nSPS) is 13.4. The lowest BCUT2D eigenvalue weighted by molar-refractivity contribution is -0.144. The molecule has 0 rings (SSSR count). The molecule has 3 heteroatoms. The zero-order valence-electron chi connectivity index (χ0n) is 9.38. The summed E-state index contributed by atoms with van der Waals surface area (Å²) in [7, 11) is 0. The van der Waals surface area contributed by atoms with Crippen LogP contribution in [0.5, 0.6) is 0 Å². The largest absolute Gasteiger partial charge is 0.459 e. The molecule has 3 nitrogen and oxygen atoms in total. The van der Waals surface area contributed by atoms with Crippen molar-refractivity contribution in [2.24, 2.45) is 5.73 Å². The van der Waals surface area contributed by atoms with Crippen molar-refractivity contribution >= 4 is 5.97 Å². The lowest BCUT2D eigenvalue weighted by Crippen LogP contribution is -2.37. The zero-order chi connectivity index (χ0) is 11.2. The molecule has 0 aromatic heterocycles. The minimum Gasteiger partial charge on any atom is -0.459 e.